The Morgan fingerprint density at radius 2 is 2.47 bits per heavy atom. The van der Waals surface area contributed by atoms with Gasteiger partial charge in [0.2, 0.25) is 5.65 Å². The summed E-state index contributed by atoms with van der Waals surface area (Å²) >= 11 is 0. The molecule has 7 nitrogen and oxygen atoms in total. The van der Waals surface area contributed by atoms with Gasteiger partial charge in [0.25, 0.3) is 0 Å². The van der Waals surface area contributed by atoms with Gasteiger partial charge in [0.1, 0.15) is 6.33 Å². The first-order chi connectivity index (χ1) is 8.35. The molecule has 0 amide bonds. The third-order valence-corrected chi connectivity index (χ3v) is 2.44. The van der Waals surface area contributed by atoms with Crippen LogP contribution in [0, 0.1) is 0 Å². The molecule has 3 N–H and O–H groups in total. The average Bonchev–Trinajstić information content (AvgIpc) is 2.79. The van der Waals surface area contributed by atoms with Crippen molar-refractivity contribution in [3.8, 4) is 0 Å². The molecule has 0 aliphatic heterocycles. The van der Waals surface area contributed by atoms with E-state index in [1.807, 2.05) is 4.40 Å². The Morgan fingerprint density at radius 1 is 1.59 bits per heavy atom. The Balaban J connectivity index is 2.18. The number of hydrogen-bond acceptors (Lipinski definition) is 6. The quantitative estimate of drug-likeness (QED) is 0.728. The summed E-state index contributed by atoms with van der Waals surface area (Å²) in [6.45, 7) is 1.17. The summed E-state index contributed by atoms with van der Waals surface area (Å²) < 4.78 is 6.94. The molecule has 2 aromatic rings. The van der Waals surface area contributed by atoms with Crippen LogP contribution in [-0.2, 0) is 4.74 Å². The zero-order valence-electron chi connectivity index (χ0n) is 9.71. The number of nitrogens with two attached hydrogens (primary N) is 1. The van der Waals surface area contributed by atoms with Crippen molar-refractivity contribution in [2.24, 2.45) is 5.73 Å². The Bertz CT molecular complexity index is 465. The van der Waals surface area contributed by atoms with Gasteiger partial charge in [0.15, 0.2) is 5.82 Å². The number of fused-ring (bicyclic) bond motifs is 1. The van der Waals surface area contributed by atoms with Crippen LogP contribution >= 0.6 is 0 Å². The highest BCUT2D eigenvalue weighted by Gasteiger charge is 2.11. The van der Waals surface area contributed by atoms with Gasteiger partial charge in [-0.25, -0.2) is 4.98 Å². The summed E-state index contributed by atoms with van der Waals surface area (Å²) in [5.41, 5.74) is 6.26. The van der Waals surface area contributed by atoms with E-state index >= 15 is 0 Å². The van der Waals surface area contributed by atoms with Crippen molar-refractivity contribution in [1.82, 2.24) is 19.6 Å². The zero-order valence-corrected chi connectivity index (χ0v) is 9.71. The maximum atomic E-state index is 5.56. The minimum Gasteiger partial charge on any atom is -0.383 e. The lowest BCUT2D eigenvalue weighted by Crippen LogP contribution is -2.28. The van der Waals surface area contributed by atoms with Gasteiger partial charge in [-0.05, 0) is 13.0 Å². The summed E-state index contributed by atoms with van der Waals surface area (Å²) in [6, 6.07) is 0.125. The molecule has 0 aliphatic rings. The second-order valence-corrected chi connectivity index (χ2v) is 3.71. The lowest BCUT2D eigenvalue weighted by atomic mass is 10.2. The Morgan fingerprint density at radius 3 is 3.24 bits per heavy atom. The SMILES string of the molecule is COCC(CCN)Nc1nccn2cnnc12. The smallest absolute Gasteiger partial charge is 0.203 e. The minimum absolute atomic E-state index is 0.125. The molecule has 2 aromatic heterocycles. The highest BCUT2D eigenvalue weighted by Crippen LogP contribution is 2.12. The number of methoxy groups -OCH3 is 1. The predicted molar refractivity (Wildman–Crippen MR) is 63.7 cm³/mol. The van der Waals surface area contributed by atoms with Gasteiger partial charge in [-0.15, -0.1) is 10.2 Å². The molecule has 0 fully saturated rings. The van der Waals surface area contributed by atoms with Crippen LogP contribution in [0.5, 0.6) is 0 Å². The third-order valence-electron chi connectivity index (χ3n) is 2.44. The van der Waals surface area contributed by atoms with Gasteiger partial charge < -0.3 is 15.8 Å². The molecule has 17 heavy (non-hydrogen) atoms. The second-order valence-electron chi connectivity index (χ2n) is 3.71. The number of anilines is 1. The Labute approximate surface area is 99.0 Å². The fourth-order valence-electron chi connectivity index (χ4n) is 1.65. The number of rotatable bonds is 6. The summed E-state index contributed by atoms with van der Waals surface area (Å²) in [7, 11) is 1.66. The van der Waals surface area contributed by atoms with Gasteiger partial charge in [0, 0.05) is 19.5 Å². The fraction of sp³-hybridized carbons (Fsp3) is 0.500. The highest BCUT2D eigenvalue weighted by atomic mass is 16.5. The van der Waals surface area contributed by atoms with Crippen LogP contribution in [0.15, 0.2) is 18.7 Å². The molecule has 0 bridgehead atoms. The highest BCUT2D eigenvalue weighted by molar-refractivity contribution is 5.61. The molecule has 1 atom stereocenters. The largest absolute Gasteiger partial charge is 0.383 e. The summed E-state index contributed by atoms with van der Waals surface area (Å²) in [6.07, 6.45) is 5.95. The van der Waals surface area contributed by atoms with Crippen LogP contribution in [0.1, 0.15) is 6.42 Å². The van der Waals surface area contributed by atoms with E-state index in [-0.39, 0.29) is 6.04 Å². The van der Waals surface area contributed by atoms with Gasteiger partial charge in [-0.3, -0.25) is 4.40 Å². The molecule has 2 rings (SSSR count). The number of ether oxygens (including phenoxy) is 1. The average molecular weight is 236 g/mol. The van der Waals surface area contributed by atoms with E-state index in [0.29, 0.717) is 24.6 Å². The minimum atomic E-state index is 0.125. The number of hydrogen-bond donors (Lipinski definition) is 2. The van der Waals surface area contributed by atoms with E-state index in [0.717, 1.165) is 6.42 Å². The molecule has 0 saturated heterocycles. The molecule has 2 heterocycles. The van der Waals surface area contributed by atoms with Crippen LogP contribution in [0.4, 0.5) is 5.82 Å². The number of nitrogens with zero attached hydrogens (tertiary/aromatic N) is 4. The molecule has 0 aliphatic carbocycles. The number of aromatic nitrogens is 4. The molecule has 92 valence electrons. The molecular formula is C10H16N6O. The van der Waals surface area contributed by atoms with Crippen LogP contribution < -0.4 is 11.1 Å². The normalized spacial score (nSPS) is 12.8. The van der Waals surface area contributed by atoms with E-state index < -0.39 is 0 Å². The van der Waals surface area contributed by atoms with Crippen molar-refractivity contribution >= 4 is 11.5 Å². The molecule has 1 unspecified atom stereocenters. The van der Waals surface area contributed by atoms with Crippen molar-refractivity contribution in [3.05, 3.63) is 18.7 Å². The van der Waals surface area contributed by atoms with Crippen LogP contribution in [0.3, 0.4) is 0 Å². The van der Waals surface area contributed by atoms with E-state index in [1.165, 1.54) is 0 Å². The molecule has 0 aromatic carbocycles. The van der Waals surface area contributed by atoms with Crippen molar-refractivity contribution < 1.29 is 4.74 Å². The zero-order chi connectivity index (χ0) is 12.1. The van der Waals surface area contributed by atoms with E-state index in [2.05, 4.69) is 20.5 Å². The number of nitrogens with one attached hydrogen (secondary N) is 1. The molecule has 7 heteroatoms. The lowest BCUT2D eigenvalue weighted by Gasteiger charge is -2.17. The molecular weight excluding hydrogens is 220 g/mol. The van der Waals surface area contributed by atoms with Gasteiger partial charge in [-0.2, -0.15) is 0 Å². The summed E-state index contributed by atoms with van der Waals surface area (Å²) in [4.78, 5) is 4.25. The molecule has 0 radical (unpaired) electrons. The first-order valence-corrected chi connectivity index (χ1v) is 5.45. The van der Waals surface area contributed by atoms with Gasteiger partial charge >= 0.3 is 0 Å². The monoisotopic (exact) mass is 236 g/mol. The van der Waals surface area contributed by atoms with E-state index in [9.17, 15) is 0 Å². The first-order valence-electron chi connectivity index (χ1n) is 5.45. The van der Waals surface area contributed by atoms with Crippen molar-refractivity contribution in [2.75, 3.05) is 25.6 Å². The summed E-state index contributed by atoms with van der Waals surface area (Å²) in [5, 5.41) is 11.1. The molecule has 0 spiro atoms. The topological polar surface area (TPSA) is 90.4 Å². The van der Waals surface area contributed by atoms with Crippen molar-refractivity contribution in [3.63, 3.8) is 0 Å². The van der Waals surface area contributed by atoms with Crippen molar-refractivity contribution in [1.29, 1.82) is 0 Å². The van der Waals surface area contributed by atoms with E-state index in [1.54, 1.807) is 25.8 Å². The fourth-order valence-corrected chi connectivity index (χ4v) is 1.65. The Hall–Kier alpha value is -1.73. The van der Waals surface area contributed by atoms with Crippen LogP contribution in [0.25, 0.3) is 5.65 Å². The molecule has 0 saturated carbocycles. The van der Waals surface area contributed by atoms with Crippen LogP contribution in [0.2, 0.25) is 0 Å². The Kier molecular flexibility index (Phi) is 3.84. The van der Waals surface area contributed by atoms with Crippen LogP contribution in [-0.4, -0.2) is 45.9 Å². The first kappa shape index (κ1) is 11.7. The maximum Gasteiger partial charge on any atom is 0.203 e. The van der Waals surface area contributed by atoms with Gasteiger partial charge in [-0.1, -0.05) is 0 Å². The van der Waals surface area contributed by atoms with E-state index in [4.69, 9.17) is 10.5 Å². The van der Waals surface area contributed by atoms with Gasteiger partial charge in [0.05, 0.1) is 12.6 Å². The lowest BCUT2D eigenvalue weighted by molar-refractivity contribution is 0.183. The summed E-state index contributed by atoms with van der Waals surface area (Å²) in [5.74, 6) is 0.695. The predicted octanol–water partition coefficient (Wildman–Crippen LogP) is -0.100. The van der Waals surface area contributed by atoms with Crippen molar-refractivity contribution in [2.45, 2.75) is 12.5 Å². The second kappa shape index (κ2) is 5.55. The standard InChI is InChI=1S/C10H16N6O/c1-17-6-8(2-3-11)14-9-10-15-13-7-16(10)5-4-12-9/h4-5,7-8H,2-3,6,11H2,1H3,(H,12,14). The maximum absolute atomic E-state index is 5.56. The third kappa shape index (κ3) is 2.69.